The summed E-state index contributed by atoms with van der Waals surface area (Å²) >= 11 is 2.96. The third-order valence-corrected chi connectivity index (χ3v) is 5.56. The van der Waals surface area contributed by atoms with Crippen LogP contribution in [0.15, 0.2) is 34.2 Å². The first kappa shape index (κ1) is 19.6. The van der Waals surface area contributed by atoms with Gasteiger partial charge in [0.1, 0.15) is 0 Å². The number of amides is 1. The van der Waals surface area contributed by atoms with Gasteiger partial charge in [0.2, 0.25) is 5.91 Å². The molecule has 0 aliphatic rings. The van der Waals surface area contributed by atoms with E-state index >= 15 is 0 Å². The second-order valence-corrected chi connectivity index (χ2v) is 8.51. The molecule has 0 bridgehead atoms. The molecule has 0 saturated carbocycles. The van der Waals surface area contributed by atoms with Crippen molar-refractivity contribution >= 4 is 35.1 Å². The van der Waals surface area contributed by atoms with E-state index in [1.807, 2.05) is 32.0 Å². The number of hydrogen-bond acceptors (Lipinski definition) is 5. The monoisotopic (exact) mass is 377 g/mol. The first-order chi connectivity index (χ1) is 11.8. The van der Waals surface area contributed by atoms with Gasteiger partial charge in [-0.25, -0.2) is 4.98 Å². The fraction of sp³-hybridized carbons (Fsp3) is 0.389. The van der Waals surface area contributed by atoms with Gasteiger partial charge in [-0.1, -0.05) is 37.7 Å². The summed E-state index contributed by atoms with van der Waals surface area (Å²) in [6.45, 7) is 8.19. The number of H-pyrrole nitrogens is 1. The van der Waals surface area contributed by atoms with E-state index in [0.717, 1.165) is 22.5 Å². The summed E-state index contributed by atoms with van der Waals surface area (Å²) in [5.41, 5.74) is 3.55. The van der Waals surface area contributed by atoms with Gasteiger partial charge < -0.3 is 10.3 Å². The smallest absolute Gasteiger partial charge is 0.251 e. The Kier molecular flexibility index (Phi) is 7.13. The first-order valence-electron chi connectivity index (χ1n) is 8.06. The maximum absolute atomic E-state index is 12.2. The van der Waals surface area contributed by atoms with E-state index < -0.39 is 0 Å². The fourth-order valence-corrected chi connectivity index (χ4v) is 3.43. The molecule has 1 aromatic heterocycles. The summed E-state index contributed by atoms with van der Waals surface area (Å²) in [6, 6.07) is 7.32. The highest BCUT2D eigenvalue weighted by Crippen LogP contribution is 2.20. The Morgan fingerprint density at radius 3 is 2.80 bits per heavy atom. The molecular formula is C18H23N3O2S2. The minimum atomic E-state index is -0.188. The number of thioether (sulfide) groups is 2. The molecule has 0 atom stereocenters. The average Bonchev–Trinajstić information content (AvgIpc) is 2.55. The highest BCUT2D eigenvalue weighted by molar-refractivity contribution is 7.99. The molecule has 0 fully saturated rings. The summed E-state index contributed by atoms with van der Waals surface area (Å²) in [6.07, 6.45) is 0. The van der Waals surface area contributed by atoms with E-state index in [1.54, 1.807) is 11.8 Å². The summed E-state index contributed by atoms with van der Waals surface area (Å²) in [7, 11) is 0. The van der Waals surface area contributed by atoms with E-state index in [1.165, 1.54) is 17.8 Å². The van der Waals surface area contributed by atoms with Crippen LogP contribution in [0.3, 0.4) is 0 Å². The minimum Gasteiger partial charge on any atom is -0.325 e. The Labute approximate surface area is 156 Å². The lowest BCUT2D eigenvalue weighted by atomic mass is 10.1. The van der Waals surface area contributed by atoms with Gasteiger partial charge in [-0.2, -0.15) is 11.8 Å². The Bertz CT molecular complexity index is 803. The van der Waals surface area contributed by atoms with Crippen molar-refractivity contribution in [3.05, 3.63) is 51.4 Å². The van der Waals surface area contributed by atoms with E-state index in [9.17, 15) is 9.59 Å². The standard InChI is InChI=1S/C18H23N3O2S2/c1-11(2)24-9-14-8-16(22)21-18(19-14)25-10-17(23)20-15-7-5-6-12(3)13(15)4/h5-8,11H,9-10H2,1-4H3,(H,20,23)(H,19,21,22). The lowest BCUT2D eigenvalue weighted by molar-refractivity contribution is -0.113. The molecule has 25 heavy (non-hydrogen) atoms. The Morgan fingerprint density at radius 2 is 2.08 bits per heavy atom. The zero-order valence-electron chi connectivity index (χ0n) is 14.9. The van der Waals surface area contributed by atoms with Crippen LogP contribution in [0, 0.1) is 13.8 Å². The van der Waals surface area contributed by atoms with Crippen molar-refractivity contribution in [3.63, 3.8) is 0 Å². The van der Waals surface area contributed by atoms with Crippen LogP contribution in [-0.4, -0.2) is 26.9 Å². The minimum absolute atomic E-state index is 0.122. The molecular weight excluding hydrogens is 354 g/mol. The van der Waals surface area contributed by atoms with Gasteiger partial charge >= 0.3 is 0 Å². The number of carbonyl (C=O) groups excluding carboxylic acids is 1. The topological polar surface area (TPSA) is 74.8 Å². The highest BCUT2D eigenvalue weighted by atomic mass is 32.2. The van der Waals surface area contributed by atoms with Crippen molar-refractivity contribution in [2.45, 2.75) is 43.9 Å². The van der Waals surface area contributed by atoms with Crippen molar-refractivity contribution in [3.8, 4) is 0 Å². The van der Waals surface area contributed by atoms with Gasteiger partial charge in [0, 0.05) is 17.5 Å². The van der Waals surface area contributed by atoms with E-state index in [-0.39, 0.29) is 17.2 Å². The highest BCUT2D eigenvalue weighted by Gasteiger charge is 2.09. The summed E-state index contributed by atoms with van der Waals surface area (Å²) in [5, 5.41) is 3.85. The van der Waals surface area contributed by atoms with Gasteiger partial charge in [-0.3, -0.25) is 9.59 Å². The molecule has 2 rings (SSSR count). The fourth-order valence-electron chi connectivity index (χ4n) is 2.08. The average molecular weight is 378 g/mol. The lowest BCUT2D eigenvalue weighted by Gasteiger charge is -2.10. The number of rotatable bonds is 7. The molecule has 5 nitrogen and oxygen atoms in total. The Balaban J connectivity index is 1.97. The van der Waals surface area contributed by atoms with Crippen molar-refractivity contribution in [1.29, 1.82) is 0 Å². The van der Waals surface area contributed by atoms with E-state index in [2.05, 4.69) is 29.1 Å². The first-order valence-corrected chi connectivity index (χ1v) is 10.1. The maximum Gasteiger partial charge on any atom is 0.251 e. The van der Waals surface area contributed by atoms with Gasteiger partial charge in [-0.05, 0) is 36.3 Å². The molecule has 0 aliphatic carbocycles. The van der Waals surface area contributed by atoms with Crippen LogP contribution in [0.25, 0.3) is 0 Å². The van der Waals surface area contributed by atoms with Crippen LogP contribution >= 0.6 is 23.5 Å². The predicted molar refractivity (Wildman–Crippen MR) is 107 cm³/mol. The maximum atomic E-state index is 12.2. The molecule has 1 amide bonds. The molecule has 1 heterocycles. The van der Waals surface area contributed by atoms with Crippen LogP contribution in [0.5, 0.6) is 0 Å². The molecule has 1 aromatic carbocycles. The van der Waals surface area contributed by atoms with Crippen LogP contribution in [-0.2, 0) is 10.5 Å². The molecule has 7 heteroatoms. The number of anilines is 1. The number of carbonyl (C=O) groups is 1. The zero-order chi connectivity index (χ0) is 18.4. The van der Waals surface area contributed by atoms with Crippen LogP contribution in [0.1, 0.15) is 30.7 Å². The third-order valence-electron chi connectivity index (χ3n) is 3.56. The largest absolute Gasteiger partial charge is 0.325 e. The van der Waals surface area contributed by atoms with Gasteiger partial charge in [-0.15, -0.1) is 0 Å². The van der Waals surface area contributed by atoms with E-state index in [0.29, 0.717) is 16.2 Å². The molecule has 2 aromatic rings. The van der Waals surface area contributed by atoms with Crippen LogP contribution < -0.4 is 10.9 Å². The number of benzene rings is 1. The quantitative estimate of drug-likeness (QED) is 0.568. The summed E-state index contributed by atoms with van der Waals surface area (Å²) in [4.78, 5) is 31.0. The predicted octanol–water partition coefficient (Wildman–Crippen LogP) is 3.76. The zero-order valence-corrected chi connectivity index (χ0v) is 16.5. The number of aromatic nitrogens is 2. The molecule has 0 spiro atoms. The van der Waals surface area contributed by atoms with Crippen molar-refractivity contribution in [2.75, 3.05) is 11.1 Å². The normalized spacial score (nSPS) is 10.9. The Hall–Kier alpha value is -1.73. The number of aryl methyl sites for hydroxylation is 1. The molecule has 0 aliphatic heterocycles. The molecule has 0 saturated heterocycles. The van der Waals surface area contributed by atoms with Crippen LogP contribution in [0.2, 0.25) is 0 Å². The van der Waals surface area contributed by atoms with E-state index in [4.69, 9.17) is 0 Å². The van der Waals surface area contributed by atoms with Crippen molar-refractivity contribution in [1.82, 2.24) is 9.97 Å². The molecule has 0 unspecified atom stereocenters. The van der Waals surface area contributed by atoms with Gasteiger partial charge in [0.25, 0.3) is 5.56 Å². The number of nitrogens with one attached hydrogen (secondary N) is 2. The second kappa shape index (κ2) is 9.10. The van der Waals surface area contributed by atoms with Crippen LogP contribution in [0.4, 0.5) is 5.69 Å². The van der Waals surface area contributed by atoms with Gasteiger partial charge in [0.05, 0.1) is 11.4 Å². The number of nitrogens with zero attached hydrogens (tertiary/aromatic N) is 1. The van der Waals surface area contributed by atoms with Gasteiger partial charge in [0.15, 0.2) is 5.16 Å². The summed E-state index contributed by atoms with van der Waals surface area (Å²) < 4.78 is 0. The number of hydrogen-bond donors (Lipinski definition) is 2. The SMILES string of the molecule is Cc1cccc(NC(=O)CSc2nc(CSC(C)C)cc(=O)[nH]2)c1C. The second-order valence-electron chi connectivity index (χ2n) is 5.99. The molecule has 2 N–H and O–H groups in total. The molecule has 134 valence electrons. The van der Waals surface area contributed by atoms with Crippen molar-refractivity contribution < 1.29 is 4.79 Å². The number of aromatic amines is 1. The van der Waals surface area contributed by atoms with Crippen molar-refractivity contribution in [2.24, 2.45) is 0 Å². The molecule has 0 radical (unpaired) electrons. The Morgan fingerprint density at radius 1 is 1.32 bits per heavy atom. The third kappa shape index (κ3) is 6.25. The summed E-state index contributed by atoms with van der Waals surface area (Å²) in [5.74, 6) is 0.754. The lowest BCUT2D eigenvalue weighted by Crippen LogP contribution is -2.16.